The average Bonchev–Trinajstić information content (AvgIpc) is 2.17. The van der Waals surface area contributed by atoms with E-state index in [1.165, 1.54) is 12.1 Å². The second-order valence-corrected chi connectivity index (χ2v) is 4.71. The van der Waals surface area contributed by atoms with Gasteiger partial charge in [0.2, 0.25) is 0 Å². The molecule has 1 N–H and O–H groups in total. The van der Waals surface area contributed by atoms with Crippen LogP contribution in [0.25, 0.3) is 0 Å². The molecular formula is C12H15BFNO2. The fourth-order valence-corrected chi connectivity index (χ4v) is 1.17. The molecule has 1 aromatic carbocycles. The van der Waals surface area contributed by atoms with Crippen molar-refractivity contribution in [2.24, 2.45) is 0 Å². The van der Waals surface area contributed by atoms with Crippen LogP contribution in [-0.4, -0.2) is 19.5 Å². The Morgan fingerprint density at radius 1 is 1.47 bits per heavy atom. The number of ether oxygens (including phenoxy) is 1. The van der Waals surface area contributed by atoms with Gasteiger partial charge in [-0.2, -0.15) is 0 Å². The van der Waals surface area contributed by atoms with Gasteiger partial charge < -0.3 is 10.1 Å². The van der Waals surface area contributed by atoms with E-state index in [1.54, 1.807) is 26.8 Å². The van der Waals surface area contributed by atoms with Crippen LogP contribution in [0.3, 0.4) is 0 Å². The van der Waals surface area contributed by atoms with Crippen LogP contribution in [0.4, 0.5) is 9.18 Å². The molecule has 90 valence electrons. The molecule has 3 nitrogen and oxygen atoms in total. The Morgan fingerprint density at radius 3 is 2.65 bits per heavy atom. The van der Waals surface area contributed by atoms with Crippen molar-refractivity contribution < 1.29 is 13.9 Å². The molecule has 0 aliphatic rings. The highest BCUT2D eigenvalue weighted by atomic mass is 19.1. The van der Waals surface area contributed by atoms with Crippen molar-refractivity contribution in [2.75, 3.05) is 0 Å². The third kappa shape index (κ3) is 4.89. The summed E-state index contributed by atoms with van der Waals surface area (Å²) in [6.07, 6.45) is -0.533. The monoisotopic (exact) mass is 235 g/mol. The van der Waals surface area contributed by atoms with Crippen LogP contribution in [-0.2, 0) is 11.3 Å². The SMILES string of the molecule is [B]c1ccc(CNC(=O)OC(C)(C)C)cc1F. The first-order chi connectivity index (χ1) is 7.78. The van der Waals surface area contributed by atoms with Crippen molar-refractivity contribution in [1.82, 2.24) is 5.32 Å². The first-order valence-corrected chi connectivity index (χ1v) is 5.29. The molecule has 0 unspecified atom stereocenters. The molecule has 0 bridgehead atoms. The van der Waals surface area contributed by atoms with Gasteiger partial charge in [-0.05, 0) is 32.4 Å². The zero-order chi connectivity index (χ0) is 13.1. The molecule has 1 rings (SSSR count). The maximum Gasteiger partial charge on any atom is 0.407 e. The van der Waals surface area contributed by atoms with E-state index >= 15 is 0 Å². The second-order valence-electron chi connectivity index (χ2n) is 4.71. The van der Waals surface area contributed by atoms with Gasteiger partial charge in [0.05, 0.1) is 0 Å². The molecule has 1 aromatic rings. The number of carbonyl (C=O) groups excluding carboxylic acids is 1. The Balaban J connectivity index is 2.50. The number of benzene rings is 1. The molecular weight excluding hydrogens is 220 g/mol. The van der Waals surface area contributed by atoms with Crippen molar-refractivity contribution in [3.63, 3.8) is 0 Å². The van der Waals surface area contributed by atoms with E-state index in [1.807, 2.05) is 0 Å². The van der Waals surface area contributed by atoms with Gasteiger partial charge in [0.25, 0.3) is 0 Å². The van der Waals surface area contributed by atoms with Crippen LogP contribution in [0, 0.1) is 5.82 Å². The quantitative estimate of drug-likeness (QED) is 0.791. The lowest BCUT2D eigenvalue weighted by molar-refractivity contribution is 0.0523. The molecule has 0 aromatic heterocycles. The standard InChI is InChI=1S/C12H15BFNO2/c1-12(2,3)17-11(16)15-7-8-4-5-9(13)10(14)6-8/h4-6H,7H2,1-3H3,(H,15,16). The smallest absolute Gasteiger partial charge is 0.407 e. The Bertz CT molecular complexity index is 415. The van der Waals surface area contributed by atoms with E-state index in [0.29, 0.717) is 5.56 Å². The summed E-state index contributed by atoms with van der Waals surface area (Å²) in [6, 6.07) is 4.39. The van der Waals surface area contributed by atoms with Gasteiger partial charge in [0.15, 0.2) is 0 Å². The van der Waals surface area contributed by atoms with E-state index < -0.39 is 17.5 Å². The zero-order valence-corrected chi connectivity index (χ0v) is 10.2. The molecule has 2 radical (unpaired) electrons. The van der Waals surface area contributed by atoms with Gasteiger partial charge in [0, 0.05) is 6.54 Å². The molecule has 0 atom stereocenters. The maximum atomic E-state index is 13.1. The van der Waals surface area contributed by atoms with Gasteiger partial charge in [-0.15, -0.1) is 0 Å². The van der Waals surface area contributed by atoms with Gasteiger partial charge in [-0.25, -0.2) is 9.18 Å². The van der Waals surface area contributed by atoms with Crippen molar-refractivity contribution in [1.29, 1.82) is 0 Å². The summed E-state index contributed by atoms with van der Waals surface area (Å²) >= 11 is 0. The molecule has 0 saturated carbocycles. The first-order valence-electron chi connectivity index (χ1n) is 5.29. The molecule has 0 aliphatic carbocycles. The second kappa shape index (κ2) is 5.21. The normalized spacial score (nSPS) is 11.1. The Kier molecular flexibility index (Phi) is 4.15. The van der Waals surface area contributed by atoms with E-state index in [0.717, 1.165) is 0 Å². The third-order valence-corrected chi connectivity index (χ3v) is 1.90. The van der Waals surface area contributed by atoms with Gasteiger partial charge in [-0.3, -0.25) is 0 Å². The molecule has 0 saturated heterocycles. The van der Waals surface area contributed by atoms with Crippen molar-refractivity contribution in [3.05, 3.63) is 29.6 Å². The number of nitrogens with one attached hydrogen (secondary N) is 1. The molecule has 1 amide bonds. The topological polar surface area (TPSA) is 38.3 Å². The lowest BCUT2D eigenvalue weighted by Crippen LogP contribution is -2.32. The van der Waals surface area contributed by atoms with Crippen LogP contribution < -0.4 is 10.8 Å². The molecule has 17 heavy (non-hydrogen) atoms. The fraction of sp³-hybridized carbons (Fsp3) is 0.417. The average molecular weight is 235 g/mol. The van der Waals surface area contributed by atoms with Crippen LogP contribution >= 0.6 is 0 Å². The predicted octanol–water partition coefficient (Wildman–Crippen LogP) is 1.64. The lowest BCUT2D eigenvalue weighted by Gasteiger charge is -2.19. The number of rotatable bonds is 2. The third-order valence-electron chi connectivity index (χ3n) is 1.90. The van der Waals surface area contributed by atoms with Crippen LogP contribution in [0.15, 0.2) is 18.2 Å². The Morgan fingerprint density at radius 2 is 2.12 bits per heavy atom. The maximum absolute atomic E-state index is 13.1. The largest absolute Gasteiger partial charge is 0.444 e. The zero-order valence-electron chi connectivity index (χ0n) is 10.2. The first kappa shape index (κ1) is 13.5. The van der Waals surface area contributed by atoms with Gasteiger partial charge in [0.1, 0.15) is 19.3 Å². The highest BCUT2D eigenvalue weighted by Crippen LogP contribution is 2.07. The minimum atomic E-state index is -0.545. The lowest BCUT2D eigenvalue weighted by atomic mass is 9.94. The fourth-order valence-electron chi connectivity index (χ4n) is 1.17. The molecule has 0 aliphatic heterocycles. The molecule has 5 heteroatoms. The van der Waals surface area contributed by atoms with E-state index in [9.17, 15) is 9.18 Å². The number of carbonyl (C=O) groups is 1. The van der Waals surface area contributed by atoms with Crippen LogP contribution in [0.5, 0.6) is 0 Å². The molecule has 0 heterocycles. The van der Waals surface area contributed by atoms with Crippen LogP contribution in [0.2, 0.25) is 0 Å². The van der Waals surface area contributed by atoms with Crippen molar-refractivity contribution >= 4 is 19.4 Å². The van der Waals surface area contributed by atoms with E-state index in [4.69, 9.17) is 12.6 Å². The van der Waals surface area contributed by atoms with Crippen molar-refractivity contribution in [3.8, 4) is 0 Å². The highest BCUT2D eigenvalue weighted by molar-refractivity contribution is 6.32. The summed E-state index contributed by atoms with van der Waals surface area (Å²) in [6.45, 7) is 5.52. The summed E-state index contributed by atoms with van der Waals surface area (Å²) in [5.41, 5.74) is 0.171. The minimum absolute atomic E-state index is 0.0889. The van der Waals surface area contributed by atoms with Crippen LogP contribution in [0.1, 0.15) is 26.3 Å². The van der Waals surface area contributed by atoms with E-state index in [2.05, 4.69) is 5.32 Å². The van der Waals surface area contributed by atoms with Gasteiger partial charge in [-0.1, -0.05) is 17.6 Å². The molecule has 0 spiro atoms. The highest BCUT2D eigenvalue weighted by Gasteiger charge is 2.15. The number of hydrogen-bond donors (Lipinski definition) is 1. The minimum Gasteiger partial charge on any atom is -0.444 e. The summed E-state index contributed by atoms with van der Waals surface area (Å²) in [5, 5.41) is 2.53. The van der Waals surface area contributed by atoms with Gasteiger partial charge >= 0.3 is 6.09 Å². The Hall–Kier alpha value is -1.52. The summed E-state index contributed by atoms with van der Waals surface area (Å²) in [4.78, 5) is 11.3. The predicted molar refractivity (Wildman–Crippen MR) is 64.9 cm³/mol. The number of alkyl carbamates (subject to hydrolysis) is 1. The number of amides is 1. The summed E-state index contributed by atoms with van der Waals surface area (Å²) in [5.74, 6) is -0.492. The van der Waals surface area contributed by atoms with E-state index in [-0.39, 0.29) is 12.0 Å². The number of hydrogen-bond acceptors (Lipinski definition) is 2. The number of halogens is 1. The summed E-state index contributed by atoms with van der Waals surface area (Å²) < 4.78 is 18.2. The summed E-state index contributed by atoms with van der Waals surface area (Å²) in [7, 11) is 5.34. The molecule has 0 fully saturated rings. The Labute approximate surface area is 102 Å². The van der Waals surface area contributed by atoms with Crippen molar-refractivity contribution in [2.45, 2.75) is 32.9 Å².